The highest BCUT2D eigenvalue weighted by Crippen LogP contribution is 2.36. The highest BCUT2D eigenvalue weighted by atomic mass is 32.2. The van der Waals surface area contributed by atoms with E-state index in [0.717, 1.165) is 6.54 Å². The number of thioether (sulfide) groups is 1. The zero-order chi connectivity index (χ0) is 14.8. The molecular weight excluding hydrogens is 276 g/mol. The molecular formula is C14H24N2O3S. The first-order chi connectivity index (χ1) is 9.47. The molecule has 20 heavy (non-hydrogen) atoms. The lowest BCUT2D eigenvalue weighted by Gasteiger charge is -2.24. The van der Waals surface area contributed by atoms with Crippen molar-refractivity contribution in [1.82, 2.24) is 10.2 Å². The largest absolute Gasteiger partial charge is 0.469 e. The van der Waals surface area contributed by atoms with Gasteiger partial charge in [0.1, 0.15) is 0 Å². The summed E-state index contributed by atoms with van der Waals surface area (Å²) in [6, 6.07) is -0.0584. The monoisotopic (exact) mass is 300 g/mol. The Morgan fingerprint density at radius 1 is 1.50 bits per heavy atom. The van der Waals surface area contributed by atoms with E-state index in [1.807, 2.05) is 25.6 Å². The summed E-state index contributed by atoms with van der Waals surface area (Å²) in [4.78, 5) is 25.8. The molecule has 0 saturated carbocycles. The predicted octanol–water partition coefficient (Wildman–Crippen LogP) is 1.72. The van der Waals surface area contributed by atoms with Crippen LogP contribution in [0, 0.1) is 11.3 Å². The van der Waals surface area contributed by atoms with Gasteiger partial charge in [-0.05, 0) is 31.4 Å². The molecule has 2 heterocycles. The number of nitrogens with zero attached hydrogens (tertiary/aromatic N) is 1. The van der Waals surface area contributed by atoms with Gasteiger partial charge in [0.25, 0.3) is 0 Å². The van der Waals surface area contributed by atoms with Crippen LogP contribution < -0.4 is 5.32 Å². The molecule has 2 amide bonds. The van der Waals surface area contributed by atoms with E-state index in [1.54, 1.807) is 4.90 Å². The van der Waals surface area contributed by atoms with Crippen molar-refractivity contribution in [1.29, 1.82) is 0 Å². The number of amides is 2. The normalized spacial score (nSPS) is 33.2. The number of ether oxygens (including phenoxy) is 1. The van der Waals surface area contributed by atoms with Crippen molar-refractivity contribution in [3.8, 4) is 0 Å². The lowest BCUT2D eigenvalue weighted by molar-refractivity contribution is -0.152. The van der Waals surface area contributed by atoms with E-state index in [1.165, 1.54) is 25.7 Å². The van der Waals surface area contributed by atoms with Crippen LogP contribution in [-0.4, -0.2) is 54.6 Å². The van der Waals surface area contributed by atoms with Crippen LogP contribution in [0.15, 0.2) is 0 Å². The van der Waals surface area contributed by atoms with Crippen molar-refractivity contribution in [2.45, 2.75) is 31.9 Å². The Morgan fingerprint density at radius 3 is 2.85 bits per heavy atom. The van der Waals surface area contributed by atoms with Crippen molar-refractivity contribution in [2.24, 2.45) is 11.3 Å². The lowest BCUT2D eigenvalue weighted by atomic mass is 9.81. The van der Waals surface area contributed by atoms with E-state index < -0.39 is 5.41 Å². The fraction of sp³-hybridized carbons (Fsp3) is 0.857. The summed E-state index contributed by atoms with van der Waals surface area (Å²) >= 11 is 1.93. The maximum atomic E-state index is 12.2. The number of hydrogen-bond donors (Lipinski definition) is 1. The molecule has 0 spiro atoms. The van der Waals surface area contributed by atoms with Crippen molar-refractivity contribution in [3.63, 3.8) is 0 Å². The van der Waals surface area contributed by atoms with Gasteiger partial charge in [-0.15, -0.1) is 0 Å². The van der Waals surface area contributed by atoms with E-state index in [4.69, 9.17) is 4.74 Å². The third-order valence-electron chi connectivity index (χ3n) is 4.55. The highest BCUT2D eigenvalue weighted by molar-refractivity contribution is 8.00. The van der Waals surface area contributed by atoms with Crippen molar-refractivity contribution in [3.05, 3.63) is 0 Å². The summed E-state index contributed by atoms with van der Waals surface area (Å²) in [6.45, 7) is 5.64. The number of carbonyl (C=O) groups excluding carboxylic acids is 2. The number of methoxy groups -OCH3 is 1. The van der Waals surface area contributed by atoms with Crippen LogP contribution >= 0.6 is 11.8 Å². The maximum Gasteiger partial charge on any atom is 0.317 e. The van der Waals surface area contributed by atoms with Crippen LogP contribution in [0.1, 0.15) is 26.7 Å². The Balaban J connectivity index is 1.87. The average Bonchev–Trinajstić information content (AvgIpc) is 3.05. The van der Waals surface area contributed by atoms with Gasteiger partial charge in [-0.1, -0.05) is 6.92 Å². The summed E-state index contributed by atoms with van der Waals surface area (Å²) < 4.78 is 4.88. The van der Waals surface area contributed by atoms with E-state index in [-0.39, 0.29) is 17.9 Å². The van der Waals surface area contributed by atoms with Gasteiger partial charge in [0.2, 0.25) is 0 Å². The summed E-state index contributed by atoms with van der Waals surface area (Å²) in [6.07, 6.45) is 2.42. The van der Waals surface area contributed by atoms with E-state index >= 15 is 0 Å². The minimum Gasteiger partial charge on any atom is -0.469 e. The summed E-state index contributed by atoms with van der Waals surface area (Å²) in [7, 11) is 1.40. The molecule has 0 aliphatic carbocycles. The molecule has 1 N–H and O–H groups in total. The van der Waals surface area contributed by atoms with Gasteiger partial charge in [0.05, 0.1) is 12.5 Å². The molecule has 2 rings (SSSR count). The van der Waals surface area contributed by atoms with Crippen LogP contribution in [0.4, 0.5) is 4.79 Å². The molecule has 6 heteroatoms. The molecule has 0 unspecified atom stereocenters. The smallest absolute Gasteiger partial charge is 0.317 e. The van der Waals surface area contributed by atoms with Crippen LogP contribution in [0.3, 0.4) is 0 Å². The molecule has 2 aliphatic heterocycles. The molecule has 2 fully saturated rings. The number of nitrogens with one attached hydrogen (secondary N) is 1. The molecule has 0 bridgehead atoms. The van der Waals surface area contributed by atoms with Crippen LogP contribution in [0.25, 0.3) is 0 Å². The quantitative estimate of drug-likeness (QED) is 0.806. The SMILES string of the molecule is COC(=O)[C@]1(C)CN(C(=O)NC[C@H]2CCCS2)C[C@H]1C. The first-order valence-electron chi connectivity index (χ1n) is 7.20. The Kier molecular flexibility index (Phi) is 4.83. The molecule has 114 valence electrons. The topological polar surface area (TPSA) is 58.6 Å². The molecule has 0 aromatic heterocycles. The first-order valence-corrected chi connectivity index (χ1v) is 8.25. The third kappa shape index (κ3) is 3.05. The maximum absolute atomic E-state index is 12.2. The van der Waals surface area contributed by atoms with Crippen LogP contribution in [-0.2, 0) is 9.53 Å². The Bertz CT molecular complexity index is 385. The molecule has 2 saturated heterocycles. The van der Waals surface area contributed by atoms with Crippen molar-refractivity contribution >= 4 is 23.8 Å². The van der Waals surface area contributed by atoms with Gasteiger partial charge in [-0.2, -0.15) is 11.8 Å². The average molecular weight is 300 g/mol. The van der Waals surface area contributed by atoms with Gasteiger partial charge >= 0.3 is 12.0 Å². The number of urea groups is 1. The molecule has 3 atom stereocenters. The first kappa shape index (κ1) is 15.5. The zero-order valence-electron chi connectivity index (χ0n) is 12.5. The number of rotatable bonds is 3. The van der Waals surface area contributed by atoms with Gasteiger partial charge in [0.15, 0.2) is 0 Å². The Labute approximate surface area is 124 Å². The highest BCUT2D eigenvalue weighted by Gasteiger charge is 2.48. The van der Waals surface area contributed by atoms with Crippen LogP contribution in [0.5, 0.6) is 0 Å². The zero-order valence-corrected chi connectivity index (χ0v) is 13.3. The van der Waals surface area contributed by atoms with Crippen molar-refractivity contribution in [2.75, 3.05) is 32.5 Å². The molecule has 0 aromatic rings. The number of esters is 1. The second-order valence-electron chi connectivity index (χ2n) is 6.01. The van der Waals surface area contributed by atoms with Crippen molar-refractivity contribution < 1.29 is 14.3 Å². The summed E-state index contributed by atoms with van der Waals surface area (Å²) in [5.74, 6) is 1.08. The molecule has 0 radical (unpaired) electrons. The van der Waals surface area contributed by atoms with E-state index in [0.29, 0.717) is 18.3 Å². The minimum absolute atomic E-state index is 0.0584. The number of hydrogen-bond acceptors (Lipinski definition) is 4. The van der Waals surface area contributed by atoms with Gasteiger partial charge < -0.3 is 15.0 Å². The number of likely N-dealkylation sites (tertiary alicyclic amines) is 1. The standard InChI is InChI=1S/C14H24N2O3S/c1-10-8-16(9-14(10,2)12(17)19-3)13(18)15-7-11-5-4-6-20-11/h10-11H,4-9H2,1-3H3,(H,15,18)/t10-,11-,14-/m1/s1. The van der Waals surface area contributed by atoms with Gasteiger partial charge in [-0.25, -0.2) is 4.79 Å². The minimum atomic E-state index is -0.589. The molecule has 0 aromatic carbocycles. The Hall–Kier alpha value is -0.910. The Morgan fingerprint density at radius 2 is 2.25 bits per heavy atom. The van der Waals surface area contributed by atoms with E-state index in [2.05, 4.69) is 5.32 Å². The fourth-order valence-corrected chi connectivity index (χ4v) is 4.12. The molecule has 2 aliphatic rings. The van der Waals surface area contributed by atoms with E-state index in [9.17, 15) is 9.59 Å². The second-order valence-corrected chi connectivity index (χ2v) is 7.42. The third-order valence-corrected chi connectivity index (χ3v) is 5.94. The summed E-state index contributed by atoms with van der Waals surface area (Å²) in [5, 5.41) is 3.54. The van der Waals surface area contributed by atoms with Crippen LogP contribution in [0.2, 0.25) is 0 Å². The lowest BCUT2D eigenvalue weighted by Crippen LogP contribution is -2.43. The molecule has 5 nitrogen and oxygen atoms in total. The fourth-order valence-electron chi connectivity index (χ4n) is 2.92. The van der Waals surface area contributed by atoms with Gasteiger partial charge in [0, 0.05) is 24.9 Å². The predicted molar refractivity (Wildman–Crippen MR) is 79.7 cm³/mol. The second kappa shape index (κ2) is 6.24. The summed E-state index contributed by atoms with van der Waals surface area (Å²) in [5.41, 5.74) is -0.589. The van der Waals surface area contributed by atoms with Gasteiger partial charge in [-0.3, -0.25) is 4.79 Å². The number of carbonyl (C=O) groups is 2.